The van der Waals surface area contributed by atoms with Crippen LogP contribution < -0.4 is 11.3 Å². The highest BCUT2D eigenvalue weighted by Gasteiger charge is 2.19. The summed E-state index contributed by atoms with van der Waals surface area (Å²) in [4.78, 5) is 0. The molecule has 17 heavy (non-hydrogen) atoms. The number of hydrogen-bond donors (Lipinski definition) is 2. The molecule has 1 aromatic heterocycles. The average molecular weight is 299 g/mol. The number of halogens is 2. The zero-order chi connectivity index (χ0) is 12.4. The van der Waals surface area contributed by atoms with E-state index < -0.39 is 6.04 Å². The summed E-state index contributed by atoms with van der Waals surface area (Å²) in [5.41, 5.74) is 3.71. The standard InChI is InChI=1S/C11H12BrFN4/c1-17-5-4-10(16-17)11(15-14)8-6-7(12)2-3-9(8)13/h2-6,11,15H,14H2,1H3. The number of nitrogens with zero attached hydrogens (tertiary/aromatic N) is 2. The van der Waals surface area contributed by atoms with Gasteiger partial charge >= 0.3 is 0 Å². The lowest BCUT2D eigenvalue weighted by Gasteiger charge is -2.15. The van der Waals surface area contributed by atoms with Crippen LogP contribution in [0.4, 0.5) is 4.39 Å². The maximum Gasteiger partial charge on any atom is 0.128 e. The molecule has 0 saturated heterocycles. The second-order valence-electron chi connectivity index (χ2n) is 3.68. The van der Waals surface area contributed by atoms with Crippen molar-refractivity contribution in [2.45, 2.75) is 6.04 Å². The van der Waals surface area contributed by atoms with Gasteiger partial charge in [0.25, 0.3) is 0 Å². The van der Waals surface area contributed by atoms with Crippen molar-refractivity contribution in [3.8, 4) is 0 Å². The molecule has 0 bridgehead atoms. The maximum atomic E-state index is 13.7. The first-order chi connectivity index (χ1) is 8.11. The highest BCUT2D eigenvalue weighted by Crippen LogP contribution is 2.25. The van der Waals surface area contributed by atoms with Crippen LogP contribution in [0.15, 0.2) is 34.9 Å². The van der Waals surface area contributed by atoms with Crippen LogP contribution in [0.3, 0.4) is 0 Å². The summed E-state index contributed by atoms with van der Waals surface area (Å²) in [6.45, 7) is 0. The quantitative estimate of drug-likeness (QED) is 0.672. The van der Waals surface area contributed by atoms with Gasteiger partial charge in [-0.25, -0.2) is 9.82 Å². The van der Waals surface area contributed by atoms with Crippen molar-refractivity contribution in [3.63, 3.8) is 0 Å². The number of nitrogens with one attached hydrogen (secondary N) is 1. The lowest BCUT2D eigenvalue weighted by atomic mass is 10.0. The van der Waals surface area contributed by atoms with E-state index in [1.54, 1.807) is 36.1 Å². The molecule has 0 amide bonds. The van der Waals surface area contributed by atoms with E-state index >= 15 is 0 Å². The highest BCUT2D eigenvalue weighted by atomic mass is 79.9. The van der Waals surface area contributed by atoms with Crippen LogP contribution in [0.5, 0.6) is 0 Å². The Morgan fingerprint density at radius 3 is 2.82 bits per heavy atom. The number of nitrogens with two attached hydrogens (primary N) is 1. The Labute approximate surface area is 107 Å². The minimum absolute atomic E-state index is 0.318. The molecule has 1 unspecified atom stereocenters. The summed E-state index contributed by atoms with van der Waals surface area (Å²) in [5.74, 6) is 5.17. The fourth-order valence-corrected chi connectivity index (χ4v) is 2.04. The minimum Gasteiger partial charge on any atom is -0.275 e. The zero-order valence-electron chi connectivity index (χ0n) is 9.19. The Morgan fingerprint density at radius 1 is 1.47 bits per heavy atom. The molecule has 1 atom stereocenters. The van der Waals surface area contributed by atoms with Crippen molar-refractivity contribution in [3.05, 3.63) is 52.0 Å². The largest absolute Gasteiger partial charge is 0.275 e. The zero-order valence-corrected chi connectivity index (χ0v) is 10.8. The van der Waals surface area contributed by atoms with Crippen LogP contribution in [-0.2, 0) is 7.05 Å². The van der Waals surface area contributed by atoms with Crippen molar-refractivity contribution < 1.29 is 4.39 Å². The summed E-state index contributed by atoms with van der Waals surface area (Å²) in [5, 5.41) is 4.22. The van der Waals surface area contributed by atoms with Crippen molar-refractivity contribution in [2.75, 3.05) is 0 Å². The number of aryl methyl sites for hydroxylation is 1. The number of aromatic nitrogens is 2. The Hall–Kier alpha value is -1.24. The van der Waals surface area contributed by atoms with Gasteiger partial charge in [0.1, 0.15) is 5.82 Å². The fourth-order valence-electron chi connectivity index (χ4n) is 1.66. The number of benzene rings is 1. The van der Waals surface area contributed by atoms with Crippen molar-refractivity contribution in [1.29, 1.82) is 0 Å². The predicted octanol–water partition coefficient (Wildman–Crippen LogP) is 1.87. The van der Waals surface area contributed by atoms with Gasteiger partial charge in [-0.15, -0.1) is 0 Å². The number of hydrazine groups is 1. The molecular weight excluding hydrogens is 287 g/mol. The van der Waals surface area contributed by atoms with Gasteiger partial charge in [-0.05, 0) is 24.3 Å². The Morgan fingerprint density at radius 2 is 2.24 bits per heavy atom. The van der Waals surface area contributed by atoms with Gasteiger partial charge in [-0.3, -0.25) is 10.5 Å². The number of rotatable bonds is 3. The highest BCUT2D eigenvalue weighted by molar-refractivity contribution is 9.10. The summed E-state index contributed by atoms with van der Waals surface area (Å²) in [6.07, 6.45) is 1.79. The molecule has 4 nitrogen and oxygen atoms in total. The molecule has 2 rings (SSSR count). The fraction of sp³-hybridized carbons (Fsp3) is 0.182. The van der Waals surface area contributed by atoms with Gasteiger partial charge in [0.2, 0.25) is 0 Å². The van der Waals surface area contributed by atoms with Gasteiger partial charge < -0.3 is 0 Å². The van der Waals surface area contributed by atoms with E-state index in [1.165, 1.54) is 6.07 Å². The average Bonchev–Trinajstić information content (AvgIpc) is 2.71. The molecule has 90 valence electrons. The Kier molecular flexibility index (Phi) is 3.56. The lowest BCUT2D eigenvalue weighted by Crippen LogP contribution is -2.30. The van der Waals surface area contributed by atoms with Gasteiger partial charge in [-0.1, -0.05) is 15.9 Å². The number of hydrogen-bond acceptors (Lipinski definition) is 3. The second-order valence-corrected chi connectivity index (χ2v) is 4.60. The van der Waals surface area contributed by atoms with E-state index in [0.29, 0.717) is 11.3 Å². The van der Waals surface area contributed by atoms with Crippen molar-refractivity contribution in [1.82, 2.24) is 15.2 Å². The third kappa shape index (κ3) is 2.54. The second kappa shape index (κ2) is 4.95. The first-order valence-corrected chi connectivity index (χ1v) is 5.81. The first-order valence-electron chi connectivity index (χ1n) is 5.02. The normalized spacial score (nSPS) is 12.7. The van der Waals surface area contributed by atoms with Crippen LogP contribution in [0.1, 0.15) is 17.3 Å². The third-order valence-corrected chi connectivity index (χ3v) is 2.96. The molecule has 0 radical (unpaired) electrons. The summed E-state index contributed by atoms with van der Waals surface area (Å²) in [6, 6.07) is 6.06. The van der Waals surface area contributed by atoms with Crippen LogP contribution in [0, 0.1) is 5.82 Å². The van der Waals surface area contributed by atoms with Gasteiger partial charge in [0.05, 0.1) is 11.7 Å². The van der Waals surface area contributed by atoms with Crippen LogP contribution in [-0.4, -0.2) is 9.78 Å². The molecule has 0 saturated carbocycles. The van der Waals surface area contributed by atoms with Gasteiger partial charge in [0, 0.05) is 23.3 Å². The van der Waals surface area contributed by atoms with Crippen molar-refractivity contribution >= 4 is 15.9 Å². The third-order valence-electron chi connectivity index (χ3n) is 2.47. The van der Waals surface area contributed by atoms with Crippen LogP contribution in [0.25, 0.3) is 0 Å². The molecule has 1 heterocycles. The Balaban J connectivity index is 2.45. The molecule has 3 N–H and O–H groups in total. The predicted molar refractivity (Wildman–Crippen MR) is 66.5 cm³/mol. The summed E-state index contributed by atoms with van der Waals surface area (Å²) < 4.78 is 16.2. The molecule has 0 aliphatic carbocycles. The molecule has 0 fully saturated rings. The molecular formula is C11H12BrFN4. The molecule has 0 aliphatic rings. The minimum atomic E-state index is -0.464. The van der Waals surface area contributed by atoms with E-state index in [2.05, 4.69) is 26.5 Å². The van der Waals surface area contributed by atoms with E-state index in [9.17, 15) is 4.39 Å². The SMILES string of the molecule is Cn1ccc(C(NN)c2cc(Br)ccc2F)n1. The van der Waals surface area contributed by atoms with E-state index in [-0.39, 0.29) is 5.82 Å². The van der Waals surface area contributed by atoms with Crippen molar-refractivity contribution in [2.24, 2.45) is 12.9 Å². The molecule has 0 aliphatic heterocycles. The summed E-state index contributed by atoms with van der Waals surface area (Å²) in [7, 11) is 1.80. The molecule has 2 aromatic rings. The lowest BCUT2D eigenvalue weighted by molar-refractivity contribution is 0.547. The van der Waals surface area contributed by atoms with Crippen LogP contribution in [0.2, 0.25) is 0 Å². The first kappa shape index (κ1) is 12.2. The summed E-state index contributed by atoms with van der Waals surface area (Å²) >= 11 is 3.31. The molecule has 0 spiro atoms. The monoisotopic (exact) mass is 298 g/mol. The Bertz CT molecular complexity index is 526. The van der Waals surface area contributed by atoms with E-state index in [1.807, 2.05) is 0 Å². The van der Waals surface area contributed by atoms with Crippen LogP contribution >= 0.6 is 15.9 Å². The topological polar surface area (TPSA) is 55.9 Å². The molecule has 1 aromatic carbocycles. The molecule has 6 heteroatoms. The van der Waals surface area contributed by atoms with Gasteiger partial charge in [-0.2, -0.15) is 5.10 Å². The maximum absolute atomic E-state index is 13.7. The van der Waals surface area contributed by atoms with E-state index in [4.69, 9.17) is 5.84 Å². The van der Waals surface area contributed by atoms with Gasteiger partial charge in [0.15, 0.2) is 0 Å². The van der Waals surface area contributed by atoms with E-state index in [0.717, 1.165) is 4.47 Å². The smallest absolute Gasteiger partial charge is 0.128 e.